The molecule has 0 N–H and O–H groups in total. The van der Waals surface area contributed by atoms with E-state index < -0.39 is 29.7 Å². The smallest absolute Gasteiger partial charge is 0.411 e. The third-order valence-electron chi connectivity index (χ3n) is 5.62. The van der Waals surface area contributed by atoms with E-state index in [1.54, 1.807) is 20.8 Å². The number of carbonyl (C=O) groups excluding carboxylic acids is 3. The van der Waals surface area contributed by atoms with Crippen molar-refractivity contribution in [3.63, 3.8) is 0 Å². The SMILES string of the molecule is CC(C)(C)OC(=O)CN1C(=O)[C@@H](N2C(=O)OC[C@@H]2c2ccccc2)[C@H]1C=Cc1ccccc1. The van der Waals surface area contributed by atoms with Crippen molar-refractivity contribution in [1.82, 2.24) is 9.80 Å². The van der Waals surface area contributed by atoms with Crippen LogP contribution in [0, 0.1) is 0 Å². The quantitative estimate of drug-likeness (QED) is 0.496. The van der Waals surface area contributed by atoms with Crippen molar-refractivity contribution >= 4 is 24.0 Å². The van der Waals surface area contributed by atoms with Gasteiger partial charge in [0.2, 0.25) is 5.91 Å². The molecule has 172 valence electrons. The third-order valence-corrected chi connectivity index (χ3v) is 5.62. The standard InChI is InChI=1S/C26H28N2O5/c1-26(2,3)33-22(29)16-27-20(15-14-18-10-6-4-7-11-18)23(24(27)30)28-21(17-32-25(28)31)19-12-8-5-9-13-19/h4-15,20-21,23H,16-17H2,1-3H3/t20-,21-,23+/m1/s1. The number of cyclic esters (lactones) is 1. The molecule has 0 saturated carbocycles. The van der Waals surface area contributed by atoms with Gasteiger partial charge in [0, 0.05) is 0 Å². The van der Waals surface area contributed by atoms with E-state index in [0.717, 1.165) is 11.1 Å². The van der Waals surface area contributed by atoms with Crippen molar-refractivity contribution in [2.24, 2.45) is 0 Å². The van der Waals surface area contributed by atoms with E-state index in [1.165, 1.54) is 9.80 Å². The number of esters is 1. The van der Waals surface area contributed by atoms with Gasteiger partial charge < -0.3 is 14.4 Å². The summed E-state index contributed by atoms with van der Waals surface area (Å²) < 4.78 is 10.7. The highest BCUT2D eigenvalue weighted by Gasteiger charge is 2.55. The second kappa shape index (κ2) is 9.10. The predicted molar refractivity (Wildman–Crippen MR) is 123 cm³/mol. The minimum absolute atomic E-state index is 0.174. The summed E-state index contributed by atoms with van der Waals surface area (Å²) in [5, 5.41) is 0. The van der Waals surface area contributed by atoms with Crippen molar-refractivity contribution < 1.29 is 23.9 Å². The van der Waals surface area contributed by atoms with Crippen molar-refractivity contribution in [3.05, 3.63) is 77.9 Å². The van der Waals surface area contributed by atoms with E-state index in [0.29, 0.717) is 0 Å². The van der Waals surface area contributed by atoms with Crippen LogP contribution in [0.5, 0.6) is 0 Å². The van der Waals surface area contributed by atoms with Gasteiger partial charge in [-0.25, -0.2) is 4.79 Å². The van der Waals surface area contributed by atoms with E-state index in [9.17, 15) is 14.4 Å². The molecule has 2 aromatic carbocycles. The molecule has 7 nitrogen and oxygen atoms in total. The van der Waals surface area contributed by atoms with Gasteiger partial charge in [-0.05, 0) is 31.9 Å². The molecule has 0 aromatic heterocycles. The summed E-state index contributed by atoms with van der Waals surface area (Å²) in [6, 6.07) is 17.5. The second-order valence-corrected chi connectivity index (χ2v) is 9.17. The van der Waals surface area contributed by atoms with Gasteiger partial charge in [-0.2, -0.15) is 0 Å². The number of carbonyl (C=O) groups is 3. The molecule has 0 aliphatic carbocycles. The number of nitrogens with zero attached hydrogens (tertiary/aromatic N) is 2. The first-order valence-corrected chi connectivity index (χ1v) is 11.0. The molecule has 0 unspecified atom stereocenters. The van der Waals surface area contributed by atoms with Crippen molar-refractivity contribution in [3.8, 4) is 0 Å². The van der Waals surface area contributed by atoms with Crippen molar-refractivity contribution in [2.45, 2.75) is 44.5 Å². The molecular formula is C26H28N2O5. The van der Waals surface area contributed by atoms with Crippen LogP contribution in [0.2, 0.25) is 0 Å². The largest absolute Gasteiger partial charge is 0.459 e. The van der Waals surface area contributed by atoms with Crippen LogP contribution in [0.25, 0.3) is 6.08 Å². The highest BCUT2D eigenvalue weighted by Crippen LogP contribution is 2.37. The maximum Gasteiger partial charge on any atom is 0.411 e. The Morgan fingerprint density at radius 3 is 2.33 bits per heavy atom. The molecule has 2 amide bonds. The van der Waals surface area contributed by atoms with E-state index in [4.69, 9.17) is 9.47 Å². The van der Waals surface area contributed by atoms with Crippen molar-refractivity contribution in [2.75, 3.05) is 13.2 Å². The van der Waals surface area contributed by atoms with Crippen LogP contribution in [0.15, 0.2) is 66.7 Å². The minimum atomic E-state index is -0.757. The molecular weight excluding hydrogens is 420 g/mol. The number of hydrogen-bond acceptors (Lipinski definition) is 5. The van der Waals surface area contributed by atoms with Crippen LogP contribution in [-0.4, -0.2) is 58.6 Å². The molecule has 0 radical (unpaired) electrons. The first kappa shape index (κ1) is 22.6. The highest BCUT2D eigenvalue weighted by molar-refractivity contribution is 5.96. The molecule has 2 aromatic rings. The van der Waals surface area contributed by atoms with Crippen LogP contribution >= 0.6 is 0 Å². The van der Waals surface area contributed by atoms with Gasteiger partial charge in [-0.1, -0.05) is 72.8 Å². The number of β-lactam (4-membered cyclic amide) rings is 1. The summed E-state index contributed by atoms with van der Waals surface area (Å²) in [5.74, 6) is -0.792. The normalized spacial score (nSPS) is 22.9. The van der Waals surface area contributed by atoms with Gasteiger partial charge in [-0.15, -0.1) is 0 Å². The molecule has 2 heterocycles. The topological polar surface area (TPSA) is 76.2 Å². The third kappa shape index (κ3) is 4.92. The summed E-state index contributed by atoms with van der Waals surface area (Å²) in [7, 11) is 0. The molecule has 33 heavy (non-hydrogen) atoms. The number of ether oxygens (including phenoxy) is 2. The van der Waals surface area contributed by atoms with Crippen LogP contribution in [0.1, 0.15) is 37.9 Å². The molecule has 2 aliphatic rings. The summed E-state index contributed by atoms with van der Waals surface area (Å²) >= 11 is 0. The fourth-order valence-corrected chi connectivity index (χ4v) is 4.19. The molecule has 7 heteroatoms. The molecule has 2 aliphatic heterocycles. The Morgan fingerprint density at radius 2 is 1.70 bits per heavy atom. The fraction of sp³-hybridized carbons (Fsp3) is 0.346. The zero-order valence-corrected chi connectivity index (χ0v) is 19.0. The molecule has 0 bridgehead atoms. The van der Waals surface area contributed by atoms with Crippen LogP contribution < -0.4 is 0 Å². The zero-order chi connectivity index (χ0) is 23.6. The lowest BCUT2D eigenvalue weighted by Gasteiger charge is -2.49. The Morgan fingerprint density at radius 1 is 1.06 bits per heavy atom. The number of amides is 2. The van der Waals surface area contributed by atoms with Crippen LogP contribution in [-0.2, 0) is 19.1 Å². The van der Waals surface area contributed by atoms with Crippen LogP contribution in [0.3, 0.4) is 0 Å². The Bertz CT molecular complexity index is 1050. The predicted octanol–water partition coefficient (Wildman–Crippen LogP) is 3.81. The lowest BCUT2D eigenvalue weighted by Crippen LogP contribution is -2.71. The monoisotopic (exact) mass is 448 g/mol. The van der Waals surface area contributed by atoms with Crippen molar-refractivity contribution in [1.29, 1.82) is 0 Å². The number of hydrogen-bond donors (Lipinski definition) is 0. The molecule has 3 atom stereocenters. The Kier molecular flexibility index (Phi) is 6.22. The maximum absolute atomic E-state index is 13.2. The first-order valence-electron chi connectivity index (χ1n) is 11.0. The van der Waals surface area contributed by atoms with Crippen LogP contribution in [0.4, 0.5) is 4.79 Å². The van der Waals surface area contributed by atoms with Gasteiger partial charge in [0.1, 0.15) is 24.8 Å². The molecule has 2 fully saturated rings. The van der Waals surface area contributed by atoms with E-state index in [2.05, 4.69) is 0 Å². The number of likely N-dealkylation sites (tertiary alicyclic amines) is 1. The number of rotatable bonds is 6. The van der Waals surface area contributed by atoms with E-state index in [-0.39, 0.29) is 25.1 Å². The van der Waals surface area contributed by atoms with Gasteiger partial charge in [0.15, 0.2) is 0 Å². The fourth-order valence-electron chi connectivity index (χ4n) is 4.19. The zero-order valence-electron chi connectivity index (χ0n) is 19.0. The average Bonchev–Trinajstić information content (AvgIpc) is 3.15. The summed E-state index contributed by atoms with van der Waals surface area (Å²) in [5.41, 5.74) is 1.20. The minimum Gasteiger partial charge on any atom is -0.459 e. The maximum atomic E-state index is 13.2. The molecule has 0 spiro atoms. The summed E-state index contributed by atoms with van der Waals surface area (Å²) in [6.45, 7) is 5.33. The van der Waals surface area contributed by atoms with E-state index >= 15 is 0 Å². The lowest BCUT2D eigenvalue weighted by molar-refractivity contribution is -0.168. The van der Waals surface area contributed by atoms with Gasteiger partial charge in [0.25, 0.3) is 0 Å². The lowest BCUT2D eigenvalue weighted by atomic mass is 9.90. The summed E-state index contributed by atoms with van der Waals surface area (Å²) in [4.78, 5) is 41.3. The van der Waals surface area contributed by atoms with Gasteiger partial charge in [-0.3, -0.25) is 14.5 Å². The molecule has 2 saturated heterocycles. The van der Waals surface area contributed by atoms with Gasteiger partial charge >= 0.3 is 12.1 Å². The molecule has 4 rings (SSSR count). The van der Waals surface area contributed by atoms with E-state index in [1.807, 2.05) is 72.8 Å². The second-order valence-electron chi connectivity index (χ2n) is 9.17. The Labute approximate surface area is 193 Å². The Balaban J connectivity index is 1.61. The van der Waals surface area contributed by atoms with Gasteiger partial charge in [0.05, 0.1) is 12.1 Å². The average molecular weight is 449 g/mol. The summed E-state index contributed by atoms with van der Waals surface area (Å²) in [6.07, 6.45) is 3.22. The Hall–Kier alpha value is -3.61. The number of benzene rings is 2. The highest BCUT2D eigenvalue weighted by atomic mass is 16.6. The first-order chi connectivity index (χ1) is 15.7.